The molecule has 4 heteroatoms. The van der Waals surface area contributed by atoms with Gasteiger partial charge in [0.25, 0.3) is 0 Å². The van der Waals surface area contributed by atoms with Gasteiger partial charge in [-0.15, -0.1) is 0 Å². The van der Waals surface area contributed by atoms with E-state index < -0.39 is 0 Å². The molecule has 0 aliphatic carbocycles. The van der Waals surface area contributed by atoms with Crippen molar-refractivity contribution < 1.29 is 0 Å². The Morgan fingerprint density at radius 3 is 3.06 bits per heavy atom. The summed E-state index contributed by atoms with van der Waals surface area (Å²) in [6.07, 6.45) is 2.55. The van der Waals surface area contributed by atoms with E-state index in [4.69, 9.17) is 17.3 Å². The molecule has 0 aromatic carbocycles. The summed E-state index contributed by atoms with van der Waals surface area (Å²) >= 11 is 6.00. The number of anilines is 1. The molecule has 1 aromatic rings. The first kappa shape index (κ1) is 11.7. The zero-order valence-electron chi connectivity index (χ0n) is 9.62. The van der Waals surface area contributed by atoms with Crippen molar-refractivity contribution in [3.05, 3.63) is 22.8 Å². The molecule has 0 amide bonds. The van der Waals surface area contributed by atoms with E-state index in [1.807, 2.05) is 12.1 Å². The molecule has 2 rings (SSSR count). The van der Waals surface area contributed by atoms with Gasteiger partial charge in [-0.05, 0) is 30.9 Å². The third-order valence-electron chi connectivity index (χ3n) is 3.08. The van der Waals surface area contributed by atoms with Gasteiger partial charge in [-0.2, -0.15) is 0 Å². The molecule has 88 valence electrons. The fraction of sp³-hybridized carbons (Fsp3) is 0.583. The summed E-state index contributed by atoms with van der Waals surface area (Å²) in [4.78, 5) is 6.84. The maximum absolute atomic E-state index is 6.00. The molecule has 1 aliphatic rings. The highest BCUT2D eigenvalue weighted by molar-refractivity contribution is 6.31. The van der Waals surface area contributed by atoms with Crippen molar-refractivity contribution in [2.75, 3.05) is 18.0 Å². The average molecular weight is 240 g/mol. The highest BCUT2D eigenvalue weighted by Gasteiger charge is 2.18. The predicted octanol–water partition coefficient (Wildman–Crippen LogP) is 2.43. The van der Waals surface area contributed by atoms with Gasteiger partial charge in [0.05, 0.1) is 10.7 Å². The molecule has 2 heterocycles. The molecule has 0 bridgehead atoms. The molecule has 1 atom stereocenters. The van der Waals surface area contributed by atoms with E-state index in [0.29, 0.717) is 11.6 Å². The van der Waals surface area contributed by atoms with Crippen LogP contribution < -0.4 is 10.6 Å². The van der Waals surface area contributed by atoms with E-state index in [-0.39, 0.29) is 0 Å². The highest BCUT2D eigenvalue weighted by Crippen LogP contribution is 2.23. The fourth-order valence-corrected chi connectivity index (χ4v) is 2.37. The number of piperidine rings is 1. The summed E-state index contributed by atoms with van der Waals surface area (Å²) in [6, 6.07) is 3.88. The van der Waals surface area contributed by atoms with Gasteiger partial charge < -0.3 is 10.6 Å². The van der Waals surface area contributed by atoms with E-state index >= 15 is 0 Å². The van der Waals surface area contributed by atoms with Crippen molar-refractivity contribution in [3.63, 3.8) is 0 Å². The fourth-order valence-electron chi connectivity index (χ4n) is 2.19. The minimum Gasteiger partial charge on any atom is -0.356 e. The molecule has 0 saturated carbocycles. The van der Waals surface area contributed by atoms with Gasteiger partial charge >= 0.3 is 0 Å². The van der Waals surface area contributed by atoms with Crippen molar-refractivity contribution in [1.82, 2.24) is 4.98 Å². The number of pyridine rings is 1. The molecule has 2 N–H and O–H groups in total. The topological polar surface area (TPSA) is 42.1 Å². The molecule has 0 spiro atoms. The zero-order chi connectivity index (χ0) is 11.5. The molecule has 1 fully saturated rings. The van der Waals surface area contributed by atoms with Gasteiger partial charge in [-0.1, -0.05) is 18.5 Å². The summed E-state index contributed by atoms with van der Waals surface area (Å²) in [5.74, 6) is 1.75. The smallest absolute Gasteiger partial charge is 0.128 e. The summed E-state index contributed by atoms with van der Waals surface area (Å²) in [5.41, 5.74) is 6.40. The second kappa shape index (κ2) is 5.02. The third kappa shape index (κ3) is 2.47. The average Bonchev–Trinajstić information content (AvgIpc) is 2.29. The third-order valence-corrected chi connectivity index (χ3v) is 3.42. The van der Waals surface area contributed by atoms with E-state index in [1.54, 1.807) is 0 Å². The number of nitrogens with two attached hydrogens (primary N) is 1. The minimum atomic E-state index is 0.399. The lowest BCUT2D eigenvalue weighted by Crippen LogP contribution is -2.35. The molecule has 1 saturated heterocycles. The van der Waals surface area contributed by atoms with Gasteiger partial charge in [-0.3, -0.25) is 0 Å². The van der Waals surface area contributed by atoms with Crippen molar-refractivity contribution >= 4 is 17.4 Å². The van der Waals surface area contributed by atoms with Crippen LogP contribution >= 0.6 is 11.6 Å². The Morgan fingerprint density at radius 2 is 2.38 bits per heavy atom. The van der Waals surface area contributed by atoms with Crippen LogP contribution in [0.4, 0.5) is 5.82 Å². The van der Waals surface area contributed by atoms with Gasteiger partial charge in [0.1, 0.15) is 5.82 Å². The van der Waals surface area contributed by atoms with E-state index in [9.17, 15) is 0 Å². The Morgan fingerprint density at radius 1 is 1.56 bits per heavy atom. The van der Waals surface area contributed by atoms with Crippen LogP contribution in [-0.2, 0) is 6.54 Å². The van der Waals surface area contributed by atoms with Crippen LogP contribution in [0.1, 0.15) is 25.5 Å². The summed E-state index contributed by atoms with van der Waals surface area (Å²) in [6.45, 7) is 4.85. The SMILES string of the molecule is CC1CCCN(c2ccc(Cl)c(CN)n2)C1. The lowest BCUT2D eigenvalue weighted by molar-refractivity contribution is 0.444. The highest BCUT2D eigenvalue weighted by atomic mass is 35.5. The maximum Gasteiger partial charge on any atom is 0.128 e. The van der Waals surface area contributed by atoms with Crippen molar-refractivity contribution in [1.29, 1.82) is 0 Å². The first-order chi connectivity index (χ1) is 7.70. The number of hydrogen-bond acceptors (Lipinski definition) is 3. The molecule has 0 radical (unpaired) electrons. The Hall–Kier alpha value is -0.800. The van der Waals surface area contributed by atoms with Crippen LogP contribution in [0, 0.1) is 5.92 Å². The lowest BCUT2D eigenvalue weighted by Gasteiger charge is -2.32. The van der Waals surface area contributed by atoms with Gasteiger partial charge in [0, 0.05) is 19.6 Å². The van der Waals surface area contributed by atoms with Crippen LogP contribution in [0.25, 0.3) is 0 Å². The Labute approximate surface area is 102 Å². The van der Waals surface area contributed by atoms with E-state index in [0.717, 1.165) is 30.5 Å². The first-order valence-electron chi connectivity index (χ1n) is 5.81. The Kier molecular flexibility index (Phi) is 3.66. The number of rotatable bonds is 2. The second-order valence-corrected chi connectivity index (χ2v) is 4.90. The second-order valence-electron chi connectivity index (χ2n) is 4.50. The molecule has 1 aromatic heterocycles. The van der Waals surface area contributed by atoms with Crippen LogP contribution in [-0.4, -0.2) is 18.1 Å². The predicted molar refractivity (Wildman–Crippen MR) is 67.7 cm³/mol. The van der Waals surface area contributed by atoms with Gasteiger partial charge in [-0.25, -0.2) is 4.98 Å². The largest absolute Gasteiger partial charge is 0.356 e. The van der Waals surface area contributed by atoms with E-state index in [1.165, 1.54) is 12.8 Å². The number of nitrogens with zero attached hydrogens (tertiary/aromatic N) is 2. The van der Waals surface area contributed by atoms with Crippen molar-refractivity contribution in [2.45, 2.75) is 26.3 Å². The lowest BCUT2D eigenvalue weighted by atomic mass is 10.0. The number of halogens is 1. The number of hydrogen-bond donors (Lipinski definition) is 1. The Balaban J connectivity index is 2.19. The normalized spacial score (nSPS) is 21.2. The summed E-state index contributed by atoms with van der Waals surface area (Å²) in [5, 5.41) is 0.663. The first-order valence-corrected chi connectivity index (χ1v) is 6.19. The molecule has 1 unspecified atom stereocenters. The standard InChI is InChI=1S/C12H18ClN3/c1-9-3-2-6-16(8-9)12-5-4-10(13)11(7-14)15-12/h4-5,9H,2-3,6-8,14H2,1H3. The minimum absolute atomic E-state index is 0.399. The van der Waals surface area contributed by atoms with Crippen molar-refractivity contribution in [2.24, 2.45) is 11.7 Å². The van der Waals surface area contributed by atoms with Gasteiger partial charge in [0.2, 0.25) is 0 Å². The maximum atomic E-state index is 6.00. The molecular formula is C12H18ClN3. The van der Waals surface area contributed by atoms with Crippen molar-refractivity contribution in [3.8, 4) is 0 Å². The Bertz CT molecular complexity index is 367. The summed E-state index contributed by atoms with van der Waals surface area (Å²) in [7, 11) is 0. The number of aromatic nitrogens is 1. The molecular weight excluding hydrogens is 222 g/mol. The molecule has 3 nitrogen and oxygen atoms in total. The molecule has 16 heavy (non-hydrogen) atoms. The molecule has 1 aliphatic heterocycles. The van der Waals surface area contributed by atoms with Crippen LogP contribution in [0.2, 0.25) is 5.02 Å². The zero-order valence-corrected chi connectivity index (χ0v) is 10.4. The van der Waals surface area contributed by atoms with E-state index in [2.05, 4.69) is 16.8 Å². The van der Waals surface area contributed by atoms with Crippen LogP contribution in [0.3, 0.4) is 0 Å². The monoisotopic (exact) mass is 239 g/mol. The van der Waals surface area contributed by atoms with Gasteiger partial charge in [0.15, 0.2) is 0 Å². The quantitative estimate of drug-likeness (QED) is 0.862. The van der Waals surface area contributed by atoms with Crippen LogP contribution in [0.5, 0.6) is 0 Å². The van der Waals surface area contributed by atoms with Crippen LogP contribution in [0.15, 0.2) is 12.1 Å². The summed E-state index contributed by atoms with van der Waals surface area (Å²) < 4.78 is 0.